The molecule has 5 heteroatoms. The molecule has 0 atom stereocenters. The second kappa shape index (κ2) is 6.88. The smallest absolute Gasteiger partial charge is 0.195 e. The van der Waals surface area contributed by atoms with Crippen LogP contribution < -0.4 is 0 Å². The summed E-state index contributed by atoms with van der Waals surface area (Å²) in [6.45, 7) is 1.94. The third-order valence-electron chi connectivity index (χ3n) is 2.87. The van der Waals surface area contributed by atoms with Crippen LogP contribution in [0.4, 0.5) is 0 Å². The summed E-state index contributed by atoms with van der Waals surface area (Å²) in [5, 5.41) is 3.52. The molecule has 0 aliphatic heterocycles. The summed E-state index contributed by atoms with van der Waals surface area (Å²) >= 11 is 3.35. The standard InChI is InChI=1S/C16H12BrN3O/c1-11-2-6-13(7-3-11)16(21)15(19-20-18)10-12-4-8-14(17)9-5-12/h2-10H,1H3/b15-10-. The number of rotatable bonds is 4. The van der Waals surface area contributed by atoms with Crippen molar-refractivity contribution in [2.75, 3.05) is 0 Å². The Morgan fingerprint density at radius 3 is 2.33 bits per heavy atom. The van der Waals surface area contributed by atoms with Gasteiger partial charge in [0.25, 0.3) is 0 Å². The first-order valence-electron chi connectivity index (χ1n) is 6.24. The highest BCUT2D eigenvalue weighted by Crippen LogP contribution is 2.17. The van der Waals surface area contributed by atoms with Gasteiger partial charge in [-0.2, -0.15) is 0 Å². The summed E-state index contributed by atoms with van der Waals surface area (Å²) in [6.07, 6.45) is 1.58. The number of halogens is 1. The first-order chi connectivity index (χ1) is 10.1. The fourth-order valence-corrected chi connectivity index (χ4v) is 2.02. The molecule has 2 rings (SSSR count). The van der Waals surface area contributed by atoms with E-state index >= 15 is 0 Å². The van der Waals surface area contributed by atoms with Gasteiger partial charge >= 0.3 is 0 Å². The van der Waals surface area contributed by atoms with E-state index in [1.807, 2.05) is 43.3 Å². The maximum absolute atomic E-state index is 12.4. The van der Waals surface area contributed by atoms with E-state index in [0.29, 0.717) is 5.56 Å². The molecular weight excluding hydrogens is 330 g/mol. The highest BCUT2D eigenvalue weighted by Gasteiger charge is 2.10. The highest BCUT2D eigenvalue weighted by molar-refractivity contribution is 9.10. The molecule has 104 valence electrons. The summed E-state index contributed by atoms with van der Waals surface area (Å²) in [7, 11) is 0. The minimum atomic E-state index is -0.296. The van der Waals surface area contributed by atoms with Gasteiger partial charge in [0.15, 0.2) is 5.78 Å². The van der Waals surface area contributed by atoms with Crippen molar-refractivity contribution in [2.24, 2.45) is 5.11 Å². The van der Waals surface area contributed by atoms with Crippen molar-refractivity contribution >= 4 is 27.8 Å². The maximum Gasteiger partial charge on any atom is 0.195 e. The molecule has 0 saturated carbocycles. The van der Waals surface area contributed by atoms with E-state index in [-0.39, 0.29) is 11.5 Å². The van der Waals surface area contributed by atoms with Crippen molar-refractivity contribution < 1.29 is 4.79 Å². The molecule has 0 bridgehead atoms. The van der Waals surface area contributed by atoms with E-state index in [9.17, 15) is 4.79 Å². The van der Waals surface area contributed by atoms with Gasteiger partial charge in [0.05, 0.1) is 5.70 Å². The third kappa shape index (κ3) is 4.05. The van der Waals surface area contributed by atoms with Crippen LogP contribution in [0.5, 0.6) is 0 Å². The minimum Gasteiger partial charge on any atom is -0.289 e. The lowest BCUT2D eigenvalue weighted by Gasteiger charge is -2.02. The van der Waals surface area contributed by atoms with Crippen LogP contribution in [0.15, 0.2) is 63.8 Å². The van der Waals surface area contributed by atoms with E-state index in [1.165, 1.54) is 0 Å². The number of nitrogens with zero attached hydrogens (tertiary/aromatic N) is 3. The lowest BCUT2D eigenvalue weighted by atomic mass is 10.0. The van der Waals surface area contributed by atoms with Crippen molar-refractivity contribution in [2.45, 2.75) is 6.92 Å². The summed E-state index contributed by atoms with van der Waals surface area (Å²) < 4.78 is 0.940. The fraction of sp³-hybridized carbons (Fsp3) is 0.0625. The first kappa shape index (κ1) is 15.0. The molecule has 0 aliphatic rings. The minimum absolute atomic E-state index is 0.0728. The Balaban J connectivity index is 2.38. The van der Waals surface area contributed by atoms with Gasteiger partial charge in [-0.3, -0.25) is 4.79 Å². The molecular formula is C16H12BrN3O. The second-order valence-corrected chi connectivity index (χ2v) is 5.38. The number of carbonyl (C=O) groups excluding carboxylic acids is 1. The molecule has 0 saturated heterocycles. The second-order valence-electron chi connectivity index (χ2n) is 4.47. The molecule has 0 amide bonds. The normalized spacial score (nSPS) is 10.9. The van der Waals surface area contributed by atoms with E-state index < -0.39 is 0 Å². The Labute approximate surface area is 130 Å². The lowest BCUT2D eigenvalue weighted by molar-refractivity contribution is 0.103. The summed E-state index contributed by atoms with van der Waals surface area (Å²) in [4.78, 5) is 15.1. The maximum atomic E-state index is 12.4. The zero-order chi connectivity index (χ0) is 15.2. The van der Waals surface area contributed by atoms with E-state index in [4.69, 9.17) is 5.53 Å². The average Bonchev–Trinajstić information content (AvgIpc) is 2.49. The van der Waals surface area contributed by atoms with Crippen LogP contribution in [0.3, 0.4) is 0 Å². The van der Waals surface area contributed by atoms with Crippen molar-refractivity contribution in [1.82, 2.24) is 0 Å². The van der Waals surface area contributed by atoms with Gasteiger partial charge in [0, 0.05) is 14.9 Å². The van der Waals surface area contributed by atoms with E-state index in [0.717, 1.165) is 15.6 Å². The van der Waals surface area contributed by atoms with Crippen molar-refractivity contribution in [3.63, 3.8) is 0 Å². The van der Waals surface area contributed by atoms with Gasteiger partial charge < -0.3 is 0 Å². The lowest BCUT2D eigenvalue weighted by Crippen LogP contribution is -2.01. The van der Waals surface area contributed by atoms with Crippen molar-refractivity contribution in [3.05, 3.63) is 85.8 Å². The van der Waals surface area contributed by atoms with Gasteiger partial charge in [-0.1, -0.05) is 63.0 Å². The zero-order valence-electron chi connectivity index (χ0n) is 11.3. The number of benzene rings is 2. The van der Waals surface area contributed by atoms with E-state index in [1.54, 1.807) is 18.2 Å². The number of hydrogen-bond acceptors (Lipinski definition) is 2. The van der Waals surface area contributed by atoms with Crippen LogP contribution in [0, 0.1) is 6.92 Å². The molecule has 0 aliphatic carbocycles. The Morgan fingerprint density at radius 2 is 1.76 bits per heavy atom. The average molecular weight is 342 g/mol. The Kier molecular flexibility index (Phi) is 4.93. The summed E-state index contributed by atoms with van der Waals surface area (Å²) in [6, 6.07) is 14.5. The van der Waals surface area contributed by atoms with Crippen molar-refractivity contribution in [1.29, 1.82) is 0 Å². The predicted octanol–water partition coefficient (Wildman–Crippen LogP) is 5.29. The summed E-state index contributed by atoms with van der Waals surface area (Å²) in [5.74, 6) is -0.296. The number of Topliss-reactive ketones (excluding diaryl/α,β-unsaturated/α-hetero) is 1. The molecule has 4 nitrogen and oxygen atoms in total. The van der Waals surface area contributed by atoms with Gasteiger partial charge in [0.1, 0.15) is 0 Å². The van der Waals surface area contributed by atoms with Crippen molar-refractivity contribution in [3.8, 4) is 0 Å². The quantitative estimate of drug-likeness (QED) is 0.245. The first-order valence-corrected chi connectivity index (χ1v) is 7.03. The number of hydrogen-bond donors (Lipinski definition) is 0. The number of carbonyl (C=O) groups is 1. The predicted molar refractivity (Wildman–Crippen MR) is 86.8 cm³/mol. The number of allylic oxidation sites excluding steroid dienone is 1. The van der Waals surface area contributed by atoms with Crippen LogP contribution >= 0.6 is 15.9 Å². The molecule has 0 aromatic heterocycles. The van der Waals surface area contributed by atoms with Gasteiger partial charge in [-0.25, -0.2) is 0 Å². The molecule has 21 heavy (non-hydrogen) atoms. The molecule has 0 radical (unpaired) electrons. The van der Waals surface area contributed by atoms with Crippen LogP contribution in [0.2, 0.25) is 0 Å². The van der Waals surface area contributed by atoms with Crippen LogP contribution in [0.25, 0.3) is 16.5 Å². The molecule has 2 aromatic rings. The molecule has 0 fully saturated rings. The summed E-state index contributed by atoms with van der Waals surface area (Å²) in [5.41, 5.74) is 11.1. The topological polar surface area (TPSA) is 65.8 Å². The van der Waals surface area contributed by atoms with E-state index in [2.05, 4.69) is 26.0 Å². The largest absolute Gasteiger partial charge is 0.289 e. The number of ketones is 1. The molecule has 0 heterocycles. The number of azide groups is 1. The monoisotopic (exact) mass is 341 g/mol. The SMILES string of the molecule is Cc1ccc(C(=O)/C(=C/c2ccc(Br)cc2)N=[N+]=[N-])cc1. The highest BCUT2D eigenvalue weighted by atomic mass is 79.9. The molecule has 0 unspecified atom stereocenters. The van der Waals surface area contributed by atoms with Crippen LogP contribution in [-0.2, 0) is 0 Å². The number of aryl methyl sites for hydroxylation is 1. The fourth-order valence-electron chi connectivity index (χ4n) is 1.76. The molecule has 0 N–H and O–H groups in total. The Bertz CT molecular complexity index is 727. The molecule has 2 aromatic carbocycles. The Hall–Kier alpha value is -2.36. The Morgan fingerprint density at radius 1 is 1.14 bits per heavy atom. The van der Waals surface area contributed by atoms with Crippen LogP contribution in [-0.4, -0.2) is 5.78 Å². The zero-order valence-corrected chi connectivity index (χ0v) is 12.9. The van der Waals surface area contributed by atoms with Gasteiger partial charge in [-0.15, -0.1) is 0 Å². The van der Waals surface area contributed by atoms with Crippen LogP contribution in [0.1, 0.15) is 21.5 Å². The molecule has 0 spiro atoms. The van der Waals surface area contributed by atoms with Gasteiger partial charge in [0.2, 0.25) is 0 Å². The van der Waals surface area contributed by atoms with Gasteiger partial charge in [-0.05, 0) is 36.2 Å². The third-order valence-corrected chi connectivity index (χ3v) is 3.40.